The number of halogens is 1. The first-order valence-electron chi connectivity index (χ1n) is 9.12. The van der Waals surface area contributed by atoms with Gasteiger partial charge in [0, 0.05) is 11.4 Å². The van der Waals surface area contributed by atoms with Gasteiger partial charge >= 0.3 is 0 Å². The van der Waals surface area contributed by atoms with Crippen molar-refractivity contribution in [3.8, 4) is 5.75 Å². The van der Waals surface area contributed by atoms with E-state index >= 15 is 0 Å². The molecular formula is C19H28ClN2O2+. The molecule has 1 aliphatic heterocycles. The SMILES string of the molecule is C[C@@H]1CCC[C@@H]([NH+]2CCN(C(=O)COc3ccc(Cl)cc3)CC2)C1. The molecule has 1 heterocycles. The van der Waals surface area contributed by atoms with Crippen LogP contribution < -0.4 is 9.64 Å². The Morgan fingerprint density at radius 3 is 2.62 bits per heavy atom. The van der Waals surface area contributed by atoms with Crippen LogP contribution in [0.25, 0.3) is 0 Å². The highest BCUT2D eigenvalue weighted by Crippen LogP contribution is 2.22. The van der Waals surface area contributed by atoms with Gasteiger partial charge in [0.25, 0.3) is 5.91 Å². The molecule has 2 aliphatic rings. The lowest BCUT2D eigenvalue weighted by Crippen LogP contribution is -3.18. The Morgan fingerprint density at radius 2 is 1.96 bits per heavy atom. The highest BCUT2D eigenvalue weighted by molar-refractivity contribution is 6.30. The monoisotopic (exact) mass is 351 g/mol. The van der Waals surface area contributed by atoms with Crippen LogP contribution in [0.15, 0.2) is 24.3 Å². The predicted octanol–water partition coefficient (Wildman–Crippen LogP) is 2.02. The minimum atomic E-state index is 0.0843. The van der Waals surface area contributed by atoms with Gasteiger partial charge in [0.2, 0.25) is 0 Å². The summed E-state index contributed by atoms with van der Waals surface area (Å²) < 4.78 is 5.58. The lowest BCUT2D eigenvalue weighted by Gasteiger charge is -2.39. The van der Waals surface area contributed by atoms with Crippen molar-refractivity contribution in [3.05, 3.63) is 29.3 Å². The fraction of sp³-hybridized carbons (Fsp3) is 0.632. The second-order valence-electron chi connectivity index (χ2n) is 7.25. The summed E-state index contributed by atoms with van der Waals surface area (Å²) in [4.78, 5) is 16.0. The summed E-state index contributed by atoms with van der Waals surface area (Å²) in [7, 11) is 0. The molecule has 0 aromatic heterocycles. The Hall–Kier alpha value is -1.26. The molecule has 2 atom stereocenters. The smallest absolute Gasteiger partial charge is 0.260 e. The van der Waals surface area contributed by atoms with Gasteiger partial charge in [0.15, 0.2) is 6.61 Å². The van der Waals surface area contributed by atoms with Gasteiger partial charge in [0.1, 0.15) is 5.75 Å². The van der Waals surface area contributed by atoms with Crippen molar-refractivity contribution >= 4 is 17.5 Å². The number of carbonyl (C=O) groups is 1. The van der Waals surface area contributed by atoms with E-state index < -0.39 is 0 Å². The molecule has 2 fully saturated rings. The van der Waals surface area contributed by atoms with Crippen LogP contribution in [0.2, 0.25) is 5.02 Å². The van der Waals surface area contributed by atoms with E-state index in [-0.39, 0.29) is 12.5 Å². The molecule has 5 heteroatoms. The van der Waals surface area contributed by atoms with Crippen molar-refractivity contribution in [2.75, 3.05) is 32.8 Å². The first kappa shape index (κ1) is 17.6. The summed E-state index contributed by atoms with van der Waals surface area (Å²) >= 11 is 5.85. The largest absolute Gasteiger partial charge is 0.484 e. The van der Waals surface area contributed by atoms with E-state index in [4.69, 9.17) is 16.3 Å². The van der Waals surface area contributed by atoms with Crippen LogP contribution in [-0.4, -0.2) is 49.6 Å². The maximum atomic E-state index is 12.3. The maximum absolute atomic E-state index is 12.3. The molecule has 1 aliphatic carbocycles. The van der Waals surface area contributed by atoms with Crippen molar-refractivity contribution in [3.63, 3.8) is 0 Å². The number of rotatable bonds is 4. The predicted molar refractivity (Wildman–Crippen MR) is 95.6 cm³/mol. The van der Waals surface area contributed by atoms with Gasteiger partial charge in [-0.25, -0.2) is 0 Å². The summed E-state index contributed by atoms with van der Waals surface area (Å²) in [6.45, 7) is 6.33. The zero-order chi connectivity index (χ0) is 16.9. The second kappa shape index (κ2) is 8.21. The third-order valence-corrected chi connectivity index (χ3v) is 5.70. The minimum absolute atomic E-state index is 0.0843. The molecule has 0 spiro atoms. The standard InChI is InChI=1S/C19H27ClN2O2/c1-15-3-2-4-17(13-15)21-9-11-22(12-10-21)19(23)14-24-18-7-5-16(20)6-8-18/h5-8,15,17H,2-4,9-14H2,1H3/p+1/t15-,17-/m1/s1. The Balaban J connectivity index is 1.42. The lowest BCUT2D eigenvalue weighted by molar-refractivity contribution is -0.930. The molecule has 3 rings (SSSR count). The van der Waals surface area contributed by atoms with E-state index in [2.05, 4.69) is 6.92 Å². The molecule has 0 unspecified atom stereocenters. The number of piperazine rings is 1. The highest BCUT2D eigenvalue weighted by Gasteiger charge is 2.31. The van der Waals surface area contributed by atoms with Crippen LogP contribution in [0.4, 0.5) is 0 Å². The molecule has 132 valence electrons. The summed E-state index contributed by atoms with van der Waals surface area (Å²) in [6.07, 6.45) is 5.46. The van der Waals surface area contributed by atoms with Gasteiger partial charge < -0.3 is 14.5 Å². The molecule has 0 bridgehead atoms. The first-order valence-corrected chi connectivity index (χ1v) is 9.50. The van der Waals surface area contributed by atoms with Gasteiger partial charge in [-0.3, -0.25) is 4.79 Å². The van der Waals surface area contributed by atoms with Gasteiger partial charge in [-0.1, -0.05) is 24.9 Å². The number of hydrogen-bond acceptors (Lipinski definition) is 2. The topological polar surface area (TPSA) is 34.0 Å². The van der Waals surface area contributed by atoms with Crippen LogP contribution >= 0.6 is 11.6 Å². The zero-order valence-electron chi connectivity index (χ0n) is 14.5. The Bertz CT molecular complexity index is 541. The number of nitrogens with zero attached hydrogens (tertiary/aromatic N) is 1. The number of carbonyl (C=O) groups excluding carboxylic acids is 1. The van der Waals surface area contributed by atoms with Crippen molar-refractivity contribution in [2.45, 2.75) is 38.6 Å². The molecule has 1 aromatic rings. The average Bonchev–Trinajstić information content (AvgIpc) is 2.61. The lowest BCUT2D eigenvalue weighted by atomic mass is 9.86. The molecule has 1 saturated carbocycles. The number of quaternary nitrogens is 1. The number of amides is 1. The molecule has 1 N–H and O–H groups in total. The van der Waals surface area contributed by atoms with Gasteiger partial charge in [-0.2, -0.15) is 0 Å². The van der Waals surface area contributed by atoms with E-state index in [1.165, 1.54) is 25.7 Å². The number of ether oxygens (including phenoxy) is 1. The number of benzene rings is 1. The third kappa shape index (κ3) is 4.64. The quantitative estimate of drug-likeness (QED) is 0.900. The van der Waals surface area contributed by atoms with E-state index in [1.807, 2.05) is 4.90 Å². The minimum Gasteiger partial charge on any atom is -0.484 e. The van der Waals surface area contributed by atoms with Gasteiger partial charge in [-0.05, 0) is 43.0 Å². The summed E-state index contributed by atoms with van der Waals surface area (Å²) in [6, 6.07) is 7.93. The van der Waals surface area contributed by atoms with Crippen LogP contribution in [0.5, 0.6) is 5.75 Å². The first-order chi connectivity index (χ1) is 11.6. The summed E-state index contributed by atoms with van der Waals surface area (Å²) in [5.74, 6) is 1.64. The molecule has 1 aromatic carbocycles. The van der Waals surface area contributed by atoms with Crippen LogP contribution in [-0.2, 0) is 4.79 Å². The Kier molecular flexibility index (Phi) is 6.01. The Labute approximate surface area is 149 Å². The van der Waals surface area contributed by atoms with Crippen molar-refractivity contribution in [2.24, 2.45) is 5.92 Å². The fourth-order valence-corrected chi connectivity index (χ4v) is 4.15. The van der Waals surface area contributed by atoms with Crippen molar-refractivity contribution in [1.82, 2.24) is 4.90 Å². The van der Waals surface area contributed by atoms with Gasteiger partial charge in [-0.15, -0.1) is 0 Å². The molecular weight excluding hydrogens is 324 g/mol. The molecule has 1 amide bonds. The Morgan fingerprint density at radius 1 is 1.25 bits per heavy atom. The highest BCUT2D eigenvalue weighted by atomic mass is 35.5. The zero-order valence-corrected chi connectivity index (χ0v) is 15.2. The van der Waals surface area contributed by atoms with Gasteiger partial charge in [0.05, 0.1) is 32.2 Å². The fourth-order valence-electron chi connectivity index (χ4n) is 4.02. The van der Waals surface area contributed by atoms with Crippen molar-refractivity contribution < 1.29 is 14.4 Å². The van der Waals surface area contributed by atoms with Crippen LogP contribution in [0.3, 0.4) is 0 Å². The maximum Gasteiger partial charge on any atom is 0.260 e. The normalized spacial score (nSPS) is 25.5. The number of nitrogens with one attached hydrogen (secondary N) is 1. The second-order valence-corrected chi connectivity index (χ2v) is 7.69. The number of hydrogen-bond donors (Lipinski definition) is 1. The summed E-state index contributed by atoms with van der Waals surface area (Å²) in [5.41, 5.74) is 0. The van der Waals surface area contributed by atoms with Crippen LogP contribution in [0, 0.1) is 5.92 Å². The molecule has 4 nitrogen and oxygen atoms in total. The van der Waals surface area contributed by atoms with E-state index in [0.717, 1.165) is 38.1 Å². The van der Waals surface area contributed by atoms with E-state index in [9.17, 15) is 4.79 Å². The summed E-state index contributed by atoms with van der Waals surface area (Å²) in [5, 5.41) is 0.671. The molecule has 1 saturated heterocycles. The molecule has 24 heavy (non-hydrogen) atoms. The van der Waals surface area contributed by atoms with Crippen molar-refractivity contribution in [1.29, 1.82) is 0 Å². The third-order valence-electron chi connectivity index (χ3n) is 5.45. The average molecular weight is 352 g/mol. The van der Waals surface area contributed by atoms with E-state index in [1.54, 1.807) is 29.2 Å². The van der Waals surface area contributed by atoms with Crippen LogP contribution in [0.1, 0.15) is 32.6 Å². The molecule has 0 radical (unpaired) electrons. The van der Waals surface area contributed by atoms with E-state index in [0.29, 0.717) is 10.8 Å².